The Bertz CT molecular complexity index is 871. The van der Waals surface area contributed by atoms with Gasteiger partial charge in [-0.2, -0.15) is 0 Å². The number of benzene rings is 1. The predicted molar refractivity (Wildman–Crippen MR) is 120 cm³/mol. The molecule has 1 saturated carbocycles. The zero-order chi connectivity index (χ0) is 22.0. The highest BCUT2D eigenvalue weighted by atomic mass is 19.1. The van der Waals surface area contributed by atoms with E-state index in [0.29, 0.717) is 18.3 Å². The van der Waals surface area contributed by atoms with Crippen molar-refractivity contribution < 1.29 is 9.18 Å². The number of rotatable bonds is 5. The molecule has 1 aliphatic carbocycles. The number of amides is 2. The molecule has 0 saturated heterocycles. The Labute approximate surface area is 178 Å². The molecule has 0 spiro atoms. The van der Waals surface area contributed by atoms with Crippen molar-refractivity contribution in [3.63, 3.8) is 0 Å². The lowest BCUT2D eigenvalue weighted by molar-refractivity contribution is 0.141. The molecule has 6 nitrogen and oxygen atoms in total. The van der Waals surface area contributed by atoms with Crippen LogP contribution < -0.4 is 10.6 Å². The fraction of sp³-hybridized carbons (Fsp3) is 0.478. The van der Waals surface area contributed by atoms with E-state index in [0.717, 1.165) is 42.5 Å². The molecule has 2 N–H and O–H groups in total. The van der Waals surface area contributed by atoms with Crippen molar-refractivity contribution in [3.8, 4) is 0 Å². The maximum absolute atomic E-state index is 14.7. The molecule has 7 heteroatoms. The Morgan fingerprint density at radius 1 is 1.33 bits per heavy atom. The Kier molecular flexibility index (Phi) is 6.61. The van der Waals surface area contributed by atoms with Crippen LogP contribution in [0.1, 0.15) is 38.2 Å². The zero-order valence-corrected chi connectivity index (χ0v) is 18.4. The highest BCUT2D eigenvalue weighted by Gasteiger charge is 2.39. The molecule has 1 aromatic carbocycles. The fourth-order valence-corrected chi connectivity index (χ4v) is 4.54. The lowest BCUT2D eigenvalue weighted by atomic mass is 9.88. The first-order valence-corrected chi connectivity index (χ1v) is 10.4. The van der Waals surface area contributed by atoms with E-state index in [-0.39, 0.29) is 17.9 Å². The molecule has 2 aliphatic rings. The van der Waals surface area contributed by atoms with Gasteiger partial charge in [-0.05, 0) is 77.5 Å². The van der Waals surface area contributed by atoms with Crippen LogP contribution in [-0.2, 0) is 0 Å². The summed E-state index contributed by atoms with van der Waals surface area (Å²) in [6.45, 7) is 7.58. The number of hydrogen-bond acceptors (Lipinski definition) is 4. The van der Waals surface area contributed by atoms with Crippen LogP contribution in [0, 0.1) is 12.7 Å². The van der Waals surface area contributed by atoms with E-state index in [1.54, 1.807) is 21.9 Å². The Hall–Kier alpha value is -2.67. The van der Waals surface area contributed by atoms with E-state index in [9.17, 15) is 9.18 Å². The highest BCUT2D eigenvalue weighted by Crippen LogP contribution is 2.36. The number of hydrogen-bond donors (Lipinski definition) is 1. The van der Waals surface area contributed by atoms with E-state index in [2.05, 4.69) is 30.7 Å². The van der Waals surface area contributed by atoms with Crippen LogP contribution in [0.3, 0.4) is 0 Å². The number of carbonyl (C=O) groups is 1. The molecule has 0 radical (unpaired) electrons. The molecular formula is C23H32FN5O. The molecule has 3 rings (SSSR count). The molecule has 1 aromatic rings. The second kappa shape index (κ2) is 9.00. The summed E-state index contributed by atoms with van der Waals surface area (Å²) in [7, 11) is 4.14. The monoisotopic (exact) mass is 413 g/mol. The largest absolute Gasteiger partial charge is 0.384 e. The van der Waals surface area contributed by atoms with Gasteiger partial charge in [-0.3, -0.25) is 9.80 Å². The zero-order valence-electron chi connectivity index (χ0n) is 18.4. The third kappa shape index (κ3) is 4.26. The number of carbonyl (C=O) groups excluding carboxylic acids is 1. The molecule has 0 unspecified atom stereocenters. The summed E-state index contributed by atoms with van der Waals surface area (Å²) >= 11 is 0. The van der Waals surface area contributed by atoms with Gasteiger partial charge in [0.05, 0.1) is 17.9 Å². The van der Waals surface area contributed by atoms with Crippen LogP contribution in [0.25, 0.3) is 0 Å². The average Bonchev–Trinajstić information content (AvgIpc) is 2.71. The van der Waals surface area contributed by atoms with Gasteiger partial charge in [-0.1, -0.05) is 12.1 Å². The van der Waals surface area contributed by atoms with Crippen molar-refractivity contribution in [2.24, 2.45) is 10.7 Å². The molecule has 30 heavy (non-hydrogen) atoms. The summed E-state index contributed by atoms with van der Waals surface area (Å²) in [5.41, 5.74) is 8.71. The molecule has 2 atom stereocenters. The smallest absolute Gasteiger partial charge is 0.329 e. The summed E-state index contributed by atoms with van der Waals surface area (Å²) < 4.78 is 14.7. The fourth-order valence-electron chi connectivity index (χ4n) is 4.54. The van der Waals surface area contributed by atoms with Gasteiger partial charge < -0.3 is 10.6 Å². The lowest BCUT2D eigenvalue weighted by Gasteiger charge is -2.45. The number of aliphatic imine (C=N–C) groups is 1. The summed E-state index contributed by atoms with van der Waals surface area (Å²) in [5.74, 6) is -0.130. The topological polar surface area (TPSA) is 65.2 Å². The number of para-hydroxylation sites is 1. The van der Waals surface area contributed by atoms with E-state index < -0.39 is 5.82 Å². The normalized spacial score (nSPS) is 23.4. The summed E-state index contributed by atoms with van der Waals surface area (Å²) in [6.07, 6.45) is 5.60. The van der Waals surface area contributed by atoms with Gasteiger partial charge >= 0.3 is 6.03 Å². The minimum Gasteiger partial charge on any atom is -0.384 e. The third-order valence-electron chi connectivity index (χ3n) is 6.17. The van der Waals surface area contributed by atoms with Crippen LogP contribution in [0.15, 0.2) is 46.4 Å². The standard InChI is InChI=1S/C23H32FN5O/c1-15-8-6-11-19(24)22(15)28-14-16(2)20(13-21(25)26-3)29(23(28)30)18-10-7-9-17(12-18)27(4)5/h6,8,11,13,17-18H,3,7,9-10,12,14,25H2,1-2,4-5H3/b21-13-/t17-,18+/m1/s1. The predicted octanol–water partition coefficient (Wildman–Crippen LogP) is 4.02. The van der Waals surface area contributed by atoms with E-state index in [4.69, 9.17) is 5.73 Å². The first kappa shape index (κ1) is 22.0. The van der Waals surface area contributed by atoms with Crippen molar-refractivity contribution in [2.45, 2.75) is 51.6 Å². The lowest BCUT2D eigenvalue weighted by Crippen LogP contribution is -2.54. The third-order valence-corrected chi connectivity index (χ3v) is 6.17. The maximum atomic E-state index is 14.7. The van der Waals surface area contributed by atoms with E-state index in [1.807, 2.05) is 19.9 Å². The maximum Gasteiger partial charge on any atom is 0.329 e. The van der Waals surface area contributed by atoms with Crippen LogP contribution in [0.4, 0.5) is 14.9 Å². The number of urea groups is 1. The number of nitrogens with two attached hydrogens (primary N) is 1. The van der Waals surface area contributed by atoms with Gasteiger partial charge in [0.15, 0.2) is 0 Å². The second-order valence-electron chi connectivity index (χ2n) is 8.47. The van der Waals surface area contributed by atoms with Gasteiger partial charge in [-0.15, -0.1) is 0 Å². The Balaban J connectivity index is 2.08. The SMILES string of the molecule is C=N/C(N)=C\C1=C(C)CN(c2c(C)cccc2F)C(=O)N1[C@H]1CCC[C@@H](N(C)C)C1. The van der Waals surface area contributed by atoms with Crippen LogP contribution in [-0.4, -0.2) is 55.3 Å². The number of aryl methyl sites for hydroxylation is 1. The first-order chi connectivity index (χ1) is 14.2. The highest BCUT2D eigenvalue weighted by molar-refractivity contribution is 5.96. The quantitative estimate of drug-likeness (QED) is 0.742. The average molecular weight is 414 g/mol. The molecule has 1 fully saturated rings. The molecule has 162 valence electrons. The van der Waals surface area contributed by atoms with E-state index >= 15 is 0 Å². The minimum absolute atomic E-state index is 0.00680. The first-order valence-electron chi connectivity index (χ1n) is 10.4. The van der Waals surface area contributed by atoms with Crippen molar-refractivity contribution in [1.82, 2.24) is 9.80 Å². The summed E-state index contributed by atoms with van der Waals surface area (Å²) in [5, 5.41) is 0. The summed E-state index contributed by atoms with van der Waals surface area (Å²) in [4.78, 5) is 23.1. The Morgan fingerprint density at radius 2 is 2.07 bits per heavy atom. The van der Waals surface area contributed by atoms with Gasteiger partial charge in [0.1, 0.15) is 11.6 Å². The molecule has 2 amide bonds. The Morgan fingerprint density at radius 3 is 2.70 bits per heavy atom. The van der Waals surface area contributed by atoms with Crippen LogP contribution in [0.2, 0.25) is 0 Å². The molecule has 0 bridgehead atoms. The molecule has 1 aliphatic heterocycles. The number of nitrogens with zero attached hydrogens (tertiary/aromatic N) is 4. The number of anilines is 1. The van der Waals surface area contributed by atoms with E-state index in [1.165, 1.54) is 6.07 Å². The molecule has 0 aromatic heterocycles. The van der Waals surface area contributed by atoms with Crippen molar-refractivity contribution >= 4 is 18.4 Å². The van der Waals surface area contributed by atoms with Crippen molar-refractivity contribution in [2.75, 3.05) is 25.5 Å². The van der Waals surface area contributed by atoms with Crippen LogP contribution in [0.5, 0.6) is 0 Å². The van der Waals surface area contributed by atoms with Gasteiger partial charge in [0, 0.05) is 18.2 Å². The van der Waals surface area contributed by atoms with Gasteiger partial charge in [0.25, 0.3) is 0 Å². The minimum atomic E-state index is -0.392. The molecular weight excluding hydrogens is 381 g/mol. The number of halogens is 1. The summed E-state index contributed by atoms with van der Waals surface area (Å²) in [6, 6.07) is 5.07. The second-order valence-corrected chi connectivity index (χ2v) is 8.47. The van der Waals surface area contributed by atoms with Gasteiger partial charge in [0.2, 0.25) is 0 Å². The van der Waals surface area contributed by atoms with Crippen molar-refractivity contribution in [3.05, 3.63) is 52.7 Å². The number of allylic oxidation sites excluding steroid dienone is 1. The van der Waals surface area contributed by atoms with Crippen molar-refractivity contribution in [1.29, 1.82) is 0 Å². The molecule has 1 heterocycles. The van der Waals surface area contributed by atoms with Gasteiger partial charge in [-0.25, -0.2) is 14.2 Å². The van der Waals surface area contributed by atoms with Crippen LogP contribution >= 0.6 is 0 Å².